The molecule has 0 atom stereocenters. The Bertz CT molecular complexity index is 675. The van der Waals surface area contributed by atoms with Gasteiger partial charge in [-0.3, -0.25) is 4.79 Å². The topological polar surface area (TPSA) is 66.3 Å². The number of carboxylic acids is 1. The van der Waals surface area contributed by atoms with Crippen LogP contribution < -0.4 is 4.90 Å². The third kappa shape index (κ3) is 2.72. The smallest absolute Gasteiger partial charge is 0.303 e. The molecule has 1 aliphatic rings. The molecule has 6 heteroatoms. The highest BCUT2D eigenvalue weighted by molar-refractivity contribution is 7.18. The Morgan fingerprint density at radius 2 is 2.10 bits per heavy atom. The van der Waals surface area contributed by atoms with Gasteiger partial charge in [-0.2, -0.15) is 0 Å². The highest BCUT2D eigenvalue weighted by Gasteiger charge is 2.24. The van der Waals surface area contributed by atoms with Crippen molar-refractivity contribution in [1.29, 1.82) is 0 Å². The predicted molar refractivity (Wildman–Crippen MR) is 84.1 cm³/mol. The summed E-state index contributed by atoms with van der Waals surface area (Å²) in [6.45, 7) is 5.99. The molecule has 3 rings (SSSR count). The number of fused-ring (bicyclic) bond motifs is 1. The van der Waals surface area contributed by atoms with Gasteiger partial charge in [0.25, 0.3) is 0 Å². The fraction of sp³-hybridized carbons (Fsp3) is 0.533. The normalized spacial score (nSPS) is 16.6. The lowest BCUT2D eigenvalue weighted by Gasteiger charge is -2.32. The summed E-state index contributed by atoms with van der Waals surface area (Å²) in [5.74, 6) is 0.610. The van der Waals surface area contributed by atoms with Gasteiger partial charge in [0.15, 0.2) is 0 Å². The third-order valence-corrected chi connectivity index (χ3v) is 5.44. The molecule has 0 aliphatic carbocycles. The first-order valence-corrected chi connectivity index (χ1v) is 8.05. The average molecular weight is 305 g/mol. The van der Waals surface area contributed by atoms with Crippen LogP contribution in [0.15, 0.2) is 6.33 Å². The Kier molecular flexibility index (Phi) is 3.80. The van der Waals surface area contributed by atoms with Gasteiger partial charge in [-0.1, -0.05) is 0 Å². The van der Waals surface area contributed by atoms with Gasteiger partial charge in [0, 0.05) is 24.4 Å². The Hall–Kier alpha value is -1.69. The summed E-state index contributed by atoms with van der Waals surface area (Å²) in [6.07, 6.45) is 3.75. The summed E-state index contributed by atoms with van der Waals surface area (Å²) in [7, 11) is 0. The summed E-state index contributed by atoms with van der Waals surface area (Å²) < 4.78 is 0. The first-order chi connectivity index (χ1) is 10.1. The third-order valence-electron chi connectivity index (χ3n) is 4.32. The lowest BCUT2D eigenvalue weighted by atomic mass is 9.93. The van der Waals surface area contributed by atoms with E-state index in [9.17, 15) is 4.79 Å². The number of rotatable bonds is 3. The molecule has 3 heterocycles. The van der Waals surface area contributed by atoms with E-state index in [-0.39, 0.29) is 6.42 Å². The van der Waals surface area contributed by atoms with Crippen molar-refractivity contribution >= 4 is 33.3 Å². The fourth-order valence-electron chi connectivity index (χ4n) is 3.00. The molecule has 112 valence electrons. The van der Waals surface area contributed by atoms with Crippen molar-refractivity contribution < 1.29 is 9.90 Å². The maximum atomic E-state index is 10.8. The maximum Gasteiger partial charge on any atom is 0.303 e. The molecule has 5 nitrogen and oxygen atoms in total. The van der Waals surface area contributed by atoms with Crippen LogP contribution in [0.25, 0.3) is 10.2 Å². The van der Waals surface area contributed by atoms with Crippen LogP contribution in [0.1, 0.15) is 29.7 Å². The molecule has 2 aromatic rings. The number of aliphatic carboxylic acids is 1. The molecule has 2 aromatic heterocycles. The zero-order valence-corrected chi connectivity index (χ0v) is 13.1. The molecule has 21 heavy (non-hydrogen) atoms. The first-order valence-electron chi connectivity index (χ1n) is 7.23. The fourth-order valence-corrected chi connectivity index (χ4v) is 3.99. The van der Waals surface area contributed by atoms with E-state index >= 15 is 0 Å². The molecule has 0 spiro atoms. The van der Waals surface area contributed by atoms with Crippen molar-refractivity contribution in [2.24, 2.45) is 5.92 Å². The monoisotopic (exact) mass is 305 g/mol. The summed E-state index contributed by atoms with van der Waals surface area (Å²) in [5, 5.41) is 10.1. The predicted octanol–water partition coefficient (Wildman–Crippen LogP) is 3.00. The minimum absolute atomic E-state index is 0.281. The maximum absolute atomic E-state index is 10.8. The van der Waals surface area contributed by atoms with Gasteiger partial charge in [-0.25, -0.2) is 9.97 Å². The van der Waals surface area contributed by atoms with Crippen molar-refractivity contribution in [3.63, 3.8) is 0 Å². The first kappa shape index (κ1) is 14.3. The average Bonchev–Trinajstić information content (AvgIpc) is 2.74. The molecule has 0 amide bonds. The number of carboxylic acid groups (broad SMARTS) is 1. The van der Waals surface area contributed by atoms with Crippen LogP contribution in [0.4, 0.5) is 5.82 Å². The largest absolute Gasteiger partial charge is 0.481 e. The van der Waals surface area contributed by atoms with Gasteiger partial charge in [-0.05, 0) is 38.2 Å². The van der Waals surface area contributed by atoms with Gasteiger partial charge < -0.3 is 10.0 Å². The molecular formula is C15H19N3O2S. The highest BCUT2D eigenvalue weighted by Crippen LogP contribution is 2.35. The quantitative estimate of drug-likeness (QED) is 0.944. The second kappa shape index (κ2) is 5.60. The lowest BCUT2D eigenvalue weighted by Crippen LogP contribution is -2.35. The Morgan fingerprint density at radius 1 is 1.38 bits per heavy atom. The zero-order chi connectivity index (χ0) is 15.0. The standard InChI is InChI=1S/C15H19N3O2S/c1-9-10(2)21-15-13(9)14(16-8-17-15)18-5-3-11(4-6-18)7-12(19)20/h8,11H,3-7H2,1-2H3,(H,19,20). The highest BCUT2D eigenvalue weighted by atomic mass is 32.1. The van der Waals surface area contributed by atoms with Crippen molar-refractivity contribution in [2.45, 2.75) is 33.1 Å². The summed E-state index contributed by atoms with van der Waals surface area (Å²) in [4.78, 5) is 24.3. The number of aryl methyl sites for hydroxylation is 2. The SMILES string of the molecule is Cc1sc2ncnc(N3CCC(CC(=O)O)CC3)c2c1C. The molecule has 1 aliphatic heterocycles. The van der Waals surface area contributed by atoms with E-state index < -0.39 is 5.97 Å². The van der Waals surface area contributed by atoms with Gasteiger partial charge in [-0.15, -0.1) is 11.3 Å². The number of nitrogens with zero attached hydrogens (tertiary/aromatic N) is 3. The van der Waals surface area contributed by atoms with Crippen LogP contribution in [0.5, 0.6) is 0 Å². The molecule has 0 radical (unpaired) electrons. The molecule has 0 aromatic carbocycles. The number of hydrogen-bond donors (Lipinski definition) is 1. The minimum atomic E-state index is -0.692. The number of anilines is 1. The molecule has 1 saturated heterocycles. The van der Waals surface area contributed by atoms with E-state index in [0.29, 0.717) is 5.92 Å². The number of thiophene rings is 1. The van der Waals surface area contributed by atoms with Crippen molar-refractivity contribution in [3.05, 3.63) is 16.8 Å². The van der Waals surface area contributed by atoms with E-state index in [1.54, 1.807) is 17.7 Å². The van der Waals surface area contributed by atoms with Crippen molar-refractivity contribution in [3.8, 4) is 0 Å². The molecule has 0 bridgehead atoms. The minimum Gasteiger partial charge on any atom is -0.481 e. The summed E-state index contributed by atoms with van der Waals surface area (Å²) in [6, 6.07) is 0. The van der Waals surface area contributed by atoms with Crippen LogP contribution in [0.2, 0.25) is 0 Å². The Balaban J connectivity index is 1.84. The summed E-state index contributed by atoms with van der Waals surface area (Å²) >= 11 is 1.71. The zero-order valence-electron chi connectivity index (χ0n) is 12.3. The summed E-state index contributed by atoms with van der Waals surface area (Å²) in [5.41, 5.74) is 1.26. The van der Waals surface area contributed by atoms with Crippen LogP contribution in [0.3, 0.4) is 0 Å². The van der Waals surface area contributed by atoms with E-state index in [1.165, 1.54) is 10.4 Å². The number of carbonyl (C=O) groups is 1. The van der Waals surface area contributed by atoms with E-state index in [0.717, 1.165) is 42.0 Å². The van der Waals surface area contributed by atoms with Gasteiger partial charge in [0.05, 0.1) is 5.39 Å². The van der Waals surface area contributed by atoms with E-state index in [4.69, 9.17) is 5.11 Å². The molecular weight excluding hydrogens is 286 g/mol. The number of aromatic nitrogens is 2. The van der Waals surface area contributed by atoms with Crippen LogP contribution in [0, 0.1) is 19.8 Å². The molecule has 1 fully saturated rings. The number of piperidine rings is 1. The van der Waals surface area contributed by atoms with Crippen molar-refractivity contribution in [2.75, 3.05) is 18.0 Å². The van der Waals surface area contributed by atoms with Crippen LogP contribution in [-0.2, 0) is 4.79 Å². The van der Waals surface area contributed by atoms with Crippen LogP contribution >= 0.6 is 11.3 Å². The number of hydrogen-bond acceptors (Lipinski definition) is 5. The Morgan fingerprint density at radius 3 is 2.76 bits per heavy atom. The van der Waals surface area contributed by atoms with E-state index in [1.807, 2.05) is 0 Å². The Labute approximate surface area is 127 Å². The van der Waals surface area contributed by atoms with Gasteiger partial charge >= 0.3 is 5.97 Å². The van der Waals surface area contributed by atoms with Gasteiger partial charge in [0.1, 0.15) is 17.0 Å². The molecule has 1 N–H and O–H groups in total. The van der Waals surface area contributed by atoms with E-state index in [2.05, 4.69) is 28.7 Å². The second-order valence-corrected chi connectivity index (χ2v) is 6.89. The molecule has 0 unspecified atom stereocenters. The molecule has 0 saturated carbocycles. The van der Waals surface area contributed by atoms with Gasteiger partial charge in [0.2, 0.25) is 0 Å². The van der Waals surface area contributed by atoms with Crippen LogP contribution in [-0.4, -0.2) is 34.1 Å². The van der Waals surface area contributed by atoms with Crippen molar-refractivity contribution in [1.82, 2.24) is 9.97 Å². The lowest BCUT2D eigenvalue weighted by molar-refractivity contribution is -0.138. The second-order valence-electron chi connectivity index (χ2n) is 5.69.